The summed E-state index contributed by atoms with van der Waals surface area (Å²) < 4.78 is 0.416. The summed E-state index contributed by atoms with van der Waals surface area (Å²) in [6.07, 6.45) is 3.45. The van der Waals surface area contributed by atoms with E-state index in [-0.39, 0.29) is 6.54 Å². The molecule has 1 N–H and O–H groups in total. The SMILES string of the molecule is C=CC[N+]1(CC(=O)O)C=NCC1. The van der Waals surface area contributed by atoms with Crippen LogP contribution in [0.4, 0.5) is 0 Å². The molecule has 0 bridgehead atoms. The predicted octanol–water partition coefficient (Wildman–Crippen LogP) is 0.116. The van der Waals surface area contributed by atoms with E-state index in [0.29, 0.717) is 11.0 Å². The van der Waals surface area contributed by atoms with Gasteiger partial charge in [0, 0.05) is 0 Å². The summed E-state index contributed by atoms with van der Waals surface area (Å²) in [6, 6.07) is 0. The van der Waals surface area contributed by atoms with Crippen molar-refractivity contribution >= 4 is 12.3 Å². The van der Waals surface area contributed by atoms with Gasteiger partial charge in [0.25, 0.3) is 0 Å². The molecule has 0 radical (unpaired) electrons. The van der Waals surface area contributed by atoms with Crippen molar-refractivity contribution in [3.63, 3.8) is 0 Å². The van der Waals surface area contributed by atoms with Gasteiger partial charge < -0.3 is 5.11 Å². The fourth-order valence-electron chi connectivity index (χ4n) is 1.39. The van der Waals surface area contributed by atoms with Crippen molar-refractivity contribution in [2.75, 3.05) is 26.2 Å². The number of hydrogen-bond donors (Lipinski definition) is 1. The third-order valence-corrected chi connectivity index (χ3v) is 1.94. The van der Waals surface area contributed by atoms with Crippen LogP contribution in [0.2, 0.25) is 0 Å². The van der Waals surface area contributed by atoms with Gasteiger partial charge in [0.1, 0.15) is 13.1 Å². The highest BCUT2D eigenvalue weighted by Gasteiger charge is 2.30. The minimum Gasteiger partial charge on any atom is -0.477 e. The highest BCUT2D eigenvalue weighted by Crippen LogP contribution is 2.08. The fraction of sp³-hybridized carbons (Fsp3) is 0.500. The summed E-state index contributed by atoms with van der Waals surface area (Å²) in [5.41, 5.74) is 0. The second-order valence-corrected chi connectivity index (χ2v) is 2.99. The van der Waals surface area contributed by atoms with Gasteiger partial charge in [-0.05, 0) is 6.08 Å². The predicted molar refractivity (Wildman–Crippen MR) is 46.1 cm³/mol. The zero-order valence-corrected chi connectivity index (χ0v) is 6.94. The van der Waals surface area contributed by atoms with Gasteiger partial charge in [0.05, 0.1) is 6.54 Å². The highest BCUT2D eigenvalue weighted by molar-refractivity contribution is 5.70. The molecule has 0 amide bonds. The number of hydrogen-bond acceptors (Lipinski definition) is 2. The molecule has 0 saturated heterocycles. The highest BCUT2D eigenvalue weighted by atomic mass is 16.4. The van der Waals surface area contributed by atoms with Gasteiger partial charge in [-0.1, -0.05) is 6.58 Å². The lowest BCUT2D eigenvalue weighted by molar-refractivity contribution is -0.814. The number of aliphatic carboxylic acids is 1. The Hall–Kier alpha value is -1.16. The van der Waals surface area contributed by atoms with Crippen LogP contribution in [0.1, 0.15) is 0 Å². The summed E-state index contributed by atoms with van der Waals surface area (Å²) in [6.45, 7) is 5.86. The maximum absolute atomic E-state index is 10.5. The number of rotatable bonds is 4. The summed E-state index contributed by atoms with van der Waals surface area (Å²) in [4.78, 5) is 14.6. The van der Waals surface area contributed by atoms with E-state index in [0.717, 1.165) is 13.1 Å². The number of aliphatic imine (C=N–C) groups is 1. The van der Waals surface area contributed by atoms with Crippen LogP contribution in [0.15, 0.2) is 17.6 Å². The van der Waals surface area contributed by atoms with E-state index in [9.17, 15) is 4.79 Å². The summed E-state index contributed by atoms with van der Waals surface area (Å²) in [5.74, 6) is -0.787. The first kappa shape index (κ1) is 8.93. The Labute approximate surface area is 71.4 Å². The first-order valence-corrected chi connectivity index (χ1v) is 3.88. The lowest BCUT2D eigenvalue weighted by Crippen LogP contribution is -2.48. The van der Waals surface area contributed by atoms with Crippen LogP contribution in [0.5, 0.6) is 0 Å². The molecule has 0 aliphatic carbocycles. The number of carbonyl (C=O) groups is 1. The molecule has 0 aromatic carbocycles. The molecule has 0 aromatic heterocycles. The molecule has 4 heteroatoms. The van der Waals surface area contributed by atoms with Crippen LogP contribution in [0.3, 0.4) is 0 Å². The Balaban J connectivity index is 2.65. The number of carboxylic acid groups (broad SMARTS) is 1. The first-order chi connectivity index (χ1) is 5.68. The Morgan fingerprint density at radius 3 is 3.00 bits per heavy atom. The van der Waals surface area contributed by atoms with Crippen LogP contribution in [0.25, 0.3) is 0 Å². The van der Waals surface area contributed by atoms with Gasteiger partial charge >= 0.3 is 5.97 Å². The summed E-state index contributed by atoms with van der Waals surface area (Å²) >= 11 is 0. The minimum absolute atomic E-state index is 0.107. The third kappa shape index (κ3) is 1.92. The lowest BCUT2D eigenvalue weighted by atomic mass is 10.3. The molecule has 66 valence electrons. The molecule has 1 heterocycles. The van der Waals surface area contributed by atoms with Gasteiger partial charge in [-0.2, -0.15) is 0 Å². The van der Waals surface area contributed by atoms with Crippen molar-refractivity contribution < 1.29 is 14.4 Å². The molecular weight excluding hydrogens is 156 g/mol. The van der Waals surface area contributed by atoms with Crippen LogP contribution < -0.4 is 0 Å². The van der Waals surface area contributed by atoms with E-state index < -0.39 is 5.97 Å². The van der Waals surface area contributed by atoms with Crippen molar-refractivity contribution in [1.82, 2.24) is 0 Å². The minimum atomic E-state index is -0.787. The molecule has 1 aliphatic rings. The lowest BCUT2D eigenvalue weighted by Gasteiger charge is -2.26. The van der Waals surface area contributed by atoms with E-state index in [4.69, 9.17) is 5.11 Å². The maximum Gasteiger partial charge on any atom is 0.359 e. The van der Waals surface area contributed by atoms with Gasteiger partial charge in [-0.25, -0.2) is 9.79 Å². The summed E-state index contributed by atoms with van der Waals surface area (Å²) in [5, 5.41) is 8.65. The van der Waals surface area contributed by atoms with Gasteiger partial charge in [0.15, 0.2) is 12.9 Å². The molecule has 0 saturated carbocycles. The third-order valence-electron chi connectivity index (χ3n) is 1.94. The van der Waals surface area contributed by atoms with Crippen LogP contribution in [0, 0.1) is 0 Å². The van der Waals surface area contributed by atoms with Gasteiger partial charge in [0.2, 0.25) is 0 Å². The fourth-order valence-corrected chi connectivity index (χ4v) is 1.39. The number of nitrogens with zero attached hydrogens (tertiary/aromatic N) is 2. The number of carboxylic acids is 1. The van der Waals surface area contributed by atoms with E-state index >= 15 is 0 Å². The smallest absolute Gasteiger partial charge is 0.359 e. The topological polar surface area (TPSA) is 49.7 Å². The molecule has 1 rings (SSSR count). The largest absolute Gasteiger partial charge is 0.477 e. The van der Waals surface area contributed by atoms with Crippen molar-refractivity contribution in [2.24, 2.45) is 4.99 Å². The standard InChI is InChI=1S/C8H12N2O2/c1-2-4-10(6-8(11)12)5-3-9-7-10/h2,7H,1,3-6H2/p+1. The molecule has 0 spiro atoms. The Bertz CT molecular complexity index is 225. The average Bonchev–Trinajstić information content (AvgIpc) is 2.36. The van der Waals surface area contributed by atoms with Crippen LogP contribution >= 0.6 is 0 Å². The molecule has 1 atom stereocenters. The summed E-state index contributed by atoms with van der Waals surface area (Å²) in [7, 11) is 0. The van der Waals surface area contributed by atoms with Gasteiger partial charge in [-0.3, -0.25) is 4.48 Å². The van der Waals surface area contributed by atoms with E-state index in [2.05, 4.69) is 11.6 Å². The zero-order valence-electron chi connectivity index (χ0n) is 6.94. The average molecular weight is 169 g/mol. The number of quaternary nitrogens is 1. The second kappa shape index (κ2) is 3.49. The zero-order chi connectivity index (χ0) is 9.03. The molecule has 12 heavy (non-hydrogen) atoms. The first-order valence-electron chi connectivity index (χ1n) is 3.88. The molecule has 1 aliphatic heterocycles. The normalized spacial score (nSPS) is 27.3. The van der Waals surface area contributed by atoms with Gasteiger partial charge in [-0.15, -0.1) is 0 Å². The van der Waals surface area contributed by atoms with Crippen molar-refractivity contribution in [2.45, 2.75) is 0 Å². The second-order valence-electron chi connectivity index (χ2n) is 2.99. The van der Waals surface area contributed by atoms with Crippen molar-refractivity contribution in [3.05, 3.63) is 12.7 Å². The molecular formula is C8H13N2O2+. The van der Waals surface area contributed by atoms with E-state index in [1.54, 1.807) is 12.4 Å². The van der Waals surface area contributed by atoms with Crippen LogP contribution in [-0.4, -0.2) is 48.1 Å². The molecule has 0 aromatic rings. The monoisotopic (exact) mass is 169 g/mol. The maximum atomic E-state index is 10.5. The van der Waals surface area contributed by atoms with Crippen molar-refractivity contribution in [1.29, 1.82) is 0 Å². The van der Waals surface area contributed by atoms with Crippen LogP contribution in [-0.2, 0) is 4.79 Å². The molecule has 1 unspecified atom stereocenters. The Kier molecular flexibility index (Phi) is 2.60. The molecule has 0 fully saturated rings. The van der Waals surface area contributed by atoms with E-state index in [1.165, 1.54) is 0 Å². The Morgan fingerprint density at radius 2 is 2.58 bits per heavy atom. The van der Waals surface area contributed by atoms with E-state index in [1.807, 2.05) is 0 Å². The van der Waals surface area contributed by atoms with Crippen molar-refractivity contribution in [3.8, 4) is 0 Å². The Morgan fingerprint density at radius 1 is 1.83 bits per heavy atom. The molecule has 4 nitrogen and oxygen atoms in total. The quantitative estimate of drug-likeness (QED) is 0.480.